The van der Waals surface area contributed by atoms with Crippen molar-refractivity contribution < 1.29 is 9.47 Å². The van der Waals surface area contributed by atoms with E-state index in [1.165, 1.54) is 11.3 Å². The van der Waals surface area contributed by atoms with Gasteiger partial charge in [0, 0.05) is 25.3 Å². The van der Waals surface area contributed by atoms with Gasteiger partial charge in [0.05, 0.1) is 14.2 Å². The molecule has 4 nitrogen and oxygen atoms in total. The molecule has 0 radical (unpaired) electrons. The normalized spacial score (nSPS) is 10.3. The summed E-state index contributed by atoms with van der Waals surface area (Å²) in [5.74, 6) is 1.54. The molecular formula is C14H24N2O2. The number of benzene rings is 1. The van der Waals surface area contributed by atoms with Crippen LogP contribution in [0.3, 0.4) is 0 Å². The monoisotopic (exact) mass is 252 g/mol. The lowest BCUT2D eigenvalue weighted by Crippen LogP contribution is -2.20. The Morgan fingerprint density at radius 1 is 1.11 bits per heavy atom. The molecule has 2 N–H and O–H groups in total. The molecule has 102 valence electrons. The van der Waals surface area contributed by atoms with Crippen molar-refractivity contribution in [1.82, 2.24) is 0 Å². The summed E-state index contributed by atoms with van der Waals surface area (Å²) in [6.45, 7) is 3.82. The lowest BCUT2D eigenvalue weighted by atomic mass is 10.1. The Hall–Kier alpha value is -1.42. The molecule has 0 aromatic heterocycles. The number of rotatable bonds is 7. The third kappa shape index (κ3) is 3.53. The van der Waals surface area contributed by atoms with E-state index in [2.05, 4.69) is 18.9 Å². The minimum absolute atomic E-state index is 0.749. The molecule has 0 amide bonds. The van der Waals surface area contributed by atoms with Gasteiger partial charge in [-0.3, -0.25) is 0 Å². The zero-order valence-electron chi connectivity index (χ0n) is 11.8. The smallest absolute Gasteiger partial charge is 0.162 e. The van der Waals surface area contributed by atoms with Gasteiger partial charge >= 0.3 is 0 Å². The van der Waals surface area contributed by atoms with E-state index in [9.17, 15) is 0 Å². The summed E-state index contributed by atoms with van der Waals surface area (Å²) < 4.78 is 10.6. The van der Waals surface area contributed by atoms with Crippen molar-refractivity contribution in [3.05, 3.63) is 17.7 Å². The fraction of sp³-hybridized carbons (Fsp3) is 0.571. The van der Waals surface area contributed by atoms with Gasteiger partial charge in [-0.25, -0.2) is 0 Å². The molecule has 18 heavy (non-hydrogen) atoms. The first kappa shape index (κ1) is 14.6. The quantitative estimate of drug-likeness (QED) is 0.756. The van der Waals surface area contributed by atoms with Gasteiger partial charge in [-0.2, -0.15) is 0 Å². The van der Waals surface area contributed by atoms with Crippen molar-refractivity contribution in [3.63, 3.8) is 0 Å². The van der Waals surface area contributed by atoms with Gasteiger partial charge in [0.15, 0.2) is 11.5 Å². The third-order valence-electron chi connectivity index (χ3n) is 3.06. The number of nitrogens with two attached hydrogens (primary N) is 1. The molecule has 1 aromatic carbocycles. The predicted molar refractivity (Wildman–Crippen MR) is 75.8 cm³/mol. The van der Waals surface area contributed by atoms with Crippen LogP contribution < -0.4 is 20.1 Å². The Morgan fingerprint density at radius 3 is 2.28 bits per heavy atom. The van der Waals surface area contributed by atoms with Crippen molar-refractivity contribution in [3.8, 4) is 11.5 Å². The molecule has 1 rings (SSSR count). The molecule has 0 heterocycles. The van der Waals surface area contributed by atoms with E-state index in [4.69, 9.17) is 15.2 Å². The van der Waals surface area contributed by atoms with Gasteiger partial charge in [-0.15, -0.1) is 0 Å². The molecule has 0 saturated heterocycles. The van der Waals surface area contributed by atoms with Gasteiger partial charge in [-0.05, 0) is 37.9 Å². The Labute approximate surface area is 110 Å². The van der Waals surface area contributed by atoms with E-state index in [1.54, 1.807) is 14.2 Å². The van der Waals surface area contributed by atoms with E-state index in [0.717, 1.165) is 37.4 Å². The number of hydrogen-bond donors (Lipinski definition) is 1. The summed E-state index contributed by atoms with van der Waals surface area (Å²) in [5, 5.41) is 0. The average Bonchev–Trinajstić information content (AvgIpc) is 2.38. The van der Waals surface area contributed by atoms with Crippen molar-refractivity contribution in [1.29, 1.82) is 0 Å². The molecule has 0 saturated carbocycles. The Kier molecular flexibility index (Phi) is 5.78. The first-order valence-electron chi connectivity index (χ1n) is 6.27. The molecule has 0 fully saturated rings. The summed E-state index contributed by atoms with van der Waals surface area (Å²) in [6.07, 6.45) is 2.15. The second kappa shape index (κ2) is 7.11. The maximum atomic E-state index is 5.51. The molecular weight excluding hydrogens is 228 g/mol. The molecule has 0 spiro atoms. The number of aryl methyl sites for hydroxylation is 1. The van der Waals surface area contributed by atoms with E-state index >= 15 is 0 Å². The Morgan fingerprint density at radius 2 is 1.72 bits per heavy atom. The first-order chi connectivity index (χ1) is 8.63. The molecule has 4 heteroatoms. The maximum absolute atomic E-state index is 5.51. The minimum atomic E-state index is 0.749. The van der Waals surface area contributed by atoms with Crippen LogP contribution in [0.25, 0.3) is 0 Å². The molecule has 0 bridgehead atoms. The summed E-state index contributed by atoms with van der Waals surface area (Å²) >= 11 is 0. The average molecular weight is 252 g/mol. The SMILES string of the molecule is COc1cc(C)c(N(C)CCCCN)cc1OC. The van der Waals surface area contributed by atoms with Crippen LogP contribution in [-0.4, -0.2) is 34.4 Å². The molecule has 0 aliphatic rings. The summed E-state index contributed by atoms with van der Waals surface area (Å²) in [7, 11) is 5.40. The number of nitrogens with zero attached hydrogens (tertiary/aromatic N) is 1. The van der Waals surface area contributed by atoms with Crippen molar-refractivity contribution in [2.24, 2.45) is 5.73 Å². The number of ether oxygens (including phenoxy) is 2. The zero-order chi connectivity index (χ0) is 13.5. The van der Waals surface area contributed by atoms with Crippen LogP contribution in [0, 0.1) is 6.92 Å². The van der Waals surface area contributed by atoms with Crippen LogP contribution in [0.15, 0.2) is 12.1 Å². The summed E-state index contributed by atoms with van der Waals surface area (Å²) in [5.41, 5.74) is 7.87. The van der Waals surface area contributed by atoms with Gasteiger partial charge in [0.25, 0.3) is 0 Å². The van der Waals surface area contributed by atoms with Gasteiger partial charge in [0.1, 0.15) is 0 Å². The lowest BCUT2D eigenvalue weighted by Gasteiger charge is -2.23. The van der Waals surface area contributed by atoms with Gasteiger partial charge in [0.2, 0.25) is 0 Å². The topological polar surface area (TPSA) is 47.7 Å². The molecule has 0 aliphatic heterocycles. The summed E-state index contributed by atoms with van der Waals surface area (Å²) in [6, 6.07) is 4.03. The standard InChI is InChI=1S/C14H24N2O2/c1-11-9-13(17-3)14(18-4)10-12(11)16(2)8-6-5-7-15/h9-10H,5-8,15H2,1-4H3. The third-order valence-corrected chi connectivity index (χ3v) is 3.06. The van der Waals surface area contributed by atoms with Crippen LogP contribution in [0.2, 0.25) is 0 Å². The molecule has 1 aromatic rings. The first-order valence-corrected chi connectivity index (χ1v) is 6.27. The van der Waals surface area contributed by atoms with Crippen LogP contribution in [-0.2, 0) is 0 Å². The van der Waals surface area contributed by atoms with Crippen molar-refractivity contribution in [2.45, 2.75) is 19.8 Å². The maximum Gasteiger partial charge on any atom is 0.162 e. The predicted octanol–water partition coefficient (Wildman–Crippen LogP) is 2.19. The minimum Gasteiger partial charge on any atom is -0.493 e. The second-order valence-corrected chi connectivity index (χ2v) is 4.41. The highest BCUT2D eigenvalue weighted by Crippen LogP contribution is 2.34. The number of methoxy groups -OCH3 is 2. The Bertz CT molecular complexity index is 380. The van der Waals surface area contributed by atoms with Crippen LogP contribution in [0.5, 0.6) is 11.5 Å². The second-order valence-electron chi connectivity index (χ2n) is 4.41. The number of anilines is 1. The highest BCUT2D eigenvalue weighted by molar-refractivity contribution is 5.61. The van der Waals surface area contributed by atoms with Crippen molar-refractivity contribution >= 4 is 5.69 Å². The van der Waals surface area contributed by atoms with Gasteiger partial charge < -0.3 is 20.1 Å². The largest absolute Gasteiger partial charge is 0.493 e. The lowest BCUT2D eigenvalue weighted by molar-refractivity contribution is 0.354. The Balaban J connectivity index is 2.87. The van der Waals surface area contributed by atoms with Gasteiger partial charge in [-0.1, -0.05) is 0 Å². The molecule has 0 unspecified atom stereocenters. The fourth-order valence-electron chi connectivity index (χ4n) is 1.99. The van der Waals surface area contributed by atoms with E-state index < -0.39 is 0 Å². The molecule has 0 aliphatic carbocycles. The fourth-order valence-corrected chi connectivity index (χ4v) is 1.99. The van der Waals surface area contributed by atoms with Crippen LogP contribution >= 0.6 is 0 Å². The van der Waals surface area contributed by atoms with Crippen molar-refractivity contribution in [2.75, 3.05) is 39.3 Å². The van der Waals surface area contributed by atoms with E-state index in [1.807, 2.05) is 12.1 Å². The van der Waals surface area contributed by atoms with Crippen LogP contribution in [0.4, 0.5) is 5.69 Å². The number of unbranched alkanes of at least 4 members (excludes halogenated alkanes) is 1. The molecule has 0 atom stereocenters. The summed E-state index contributed by atoms with van der Waals surface area (Å²) in [4.78, 5) is 2.23. The highest BCUT2D eigenvalue weighted by Gasteiger charge is 2.11. The number of hydrogen-bond acceptors (Lipinski definition) is 4. The highest BCUT2D eigenvalue weighted by atomic mass is 16.5. The zero-order valence-corrected chi connectivity index (χ0v) is 11.8. The van der Waals surface area contributed by atoms with E-state index in [0.29, 0.717) is 0 Å². The van der Waals surface area contributed by atoms with Crippen LogP contribution in [0.1, 0.15) is 18.4 Å². The van der Waals surface area contributed by atoms with E-state index in [-0.39, 0.29) is 0 Å².